The molecule has 1 N–H and O–H groups in total. The Kier molecular flexibility index (Phi) is 4.96. The van der Waals surface area contributed by atoms with Gasteiger partial charge in [0.1, 0.15) is 12.2 Å². The number of rotatable bonds is 6. The summed E-state index contributed by atoms with van der Waals surface area (Å²) in [7, 11) is 0. The predicted octanol–water partition coefficient (Wildman–Crippen LogP) is 2.37. The fourth-order valence-corrected chi connectivity index (χ4v) is 2.57. The molecule has 0 radical (unpaired) electrons. The number of amides is 1. The van der Waals surface area contributed by atoms with Crippen LogP contribution in [0.25, 0.3) is 0 Å². The molecule has 1 aliphatic rings. The van der Waals surface area contributed by atoms with Crippen LogP contribution in [0.3, 0.4) is 0 Å². The minimum absolute atomic E-state index is 0.0233. The van der Waals surface area contributed by atoms with E-state index in [1.165, 1.54) is 13.8 Å². The summed E-state index contributed by atoms with van der Waals surface area (Å²) in [6.45, 7) is 2.73. The van der Waals surface area contributed by atoms with Crippen molar-refractivity contribution in [3.8, 4) is 0 Å². The molecule has 0 aliphatic heterocycles. The normalized spacial score (nSPS) is 14.9. The van der Waals surface area contributed by atoms with Crippen LogP contribution in [0, 0.1) is 17.5 Å². The van der Waals surface area contributed by atoms with Crippen LogP contribution in [0.4, 0.5) is 13.2 Å². The first-order valence-electron chi connectivity index (χ1n) is 7.37. The van der Waals surface area contributed by atoms with E-state index in [2.05, 4.69) is 10.1 Å². The largest absolute Gasteiger partial charge is 0.466 e. The van der Waals surface area contributed by atoms with Gasteiger partial charge < -0.3 is 10.1 Å². The highest BCUT2D eigenvalue weighted by Gasteiger charge is 2.50. The van der Waals surface area contributed by atoms with Crippen LogP contribution in [0.2, 0.25) is 0 Å². The molecule has 1 fully saturated rings. The molecule has 130 valence electrons. The van der Waals surface area contributed by atoms with E-state index >= 15 is 0 Å². The van der Waals surface area contributed by atoms with Gasteiger partial charge in [-0.25, -0.2) is 13.2 Å². The van der Waals surface area contributed by atoms with E-state index < -0.39 is 58.2 Å². The first-order chi connectivity index (χ1) is 11.2. The number of ether oxygens (including phenoxy) is 1. The summed E-state index contributed by atoms with van der Waals surface area (Å²) in [6, 6.07) is 0.553. The first-order valence-corrected chi connectivity index (χ1v) is 7.37. The van der Waals surface area contributed by atoms with E-state index in [4.69, 9.17) is 0 Å². The predicted molar refractivity (Wildman–Crippen MR) is 76.6 cm³/mol. The molecular weight excluding hydrogens is 327 g/mol. The van der Waals surface area contributed by atoms with E-state index in [1.54, 1.807) is 0 Å². The van der Waals surface area contributed by atoms with Gasteiger partial charge in [-0.15, -0.1) is 0 Å². The maximum Gasteiger partial charge on any atom is 0.313 e. The maximum atomic E-state index is 14.3. The second-order valence-electron chi connectivity index (χ2n) is 5.58. The number of carbonyl (C=O) groups is 3. The second-order valence-corrected chi connectivity index (χ2v) is 5.58. The number of Topliss-reactive ketones (excluding diaryl/α,β-unsaturated/α-hetero) is 1. The third kappa shape index (κ3) is 3.42. The lowest BCUT2D eigenvalue weighted by Gasteiger charge is -2.19. The Morgan fingerprint density at radius 1 is 1.21 bits per heavy atom. The summed E-state index contributed by atoms with van der Waals surface area (Å²) in [4.78, 5) is 34.3. The van der Waals surface area contributed by atoms with Crippen molar-refractivity contribution in [2.24, 2.45) is 0 Å². The van der Waals surface area contributed by atoms with Crippen LogP contribution in [0.1, 0.15) is 49.0 Å². The Hall–Kier alpha value is -2.38. The molecule has 0 atom stereocenters. The molecule has 0 heterocycles. The minimum atomic E-state index is -1.54. The van der Waals surface area contributed by atoms with Crippen LogP contribution < -0.4 is 5.32 Å². The summed E-state index contributed by atoms with van der Waals surface area (Å²) in [5.41, 5.74) is -2.76. The van der Waals surface area contributed by atoms with E-state index in [9.17, 15) is 27.6 Å². The van der Waals surface area contributed by atoms with E-state index in [0.29, 0.717) is 6.07 Å². The zero-order valence-corrected chi connectivity index (χ0v) is 13.2. The molecule has 1 saturated carbocycles. The second kappa shape index (κ2) is 6.62. The van der Waals surface area contributed by atoms with Gasteiger partial charge in [-0.1, -0.05) is 0 Å². The summed E-state index contributed by atoms with van der Waals surface area (Å²) >= 11 is 0. The Morgan fingerprint density at radius 2 is 1.83 bits per heavy atom. The van der Waals surface area contributed by atoms with E-state index in [0.717, 1.165) is 0 Å². The number of carbonyl (C=O) groups excluding carboxylic acids is 3. The molecule has 8 heteroatoms. The zero-order chi connectivity index (χ0) is 18.1. The Labute approximate surface area is 136 Å². The summed E-state index contributed by atoms with van der Waals surface area (Å²) < 4.78 is 47.4. The number of ketones is 1. The lowest BCUT2D eigenvalue weighted by atomic mass is 9.97. The van der Waals surface area contributed by atoms with Gasteiger partial charge in [-0.2, -0.15) is 0 Å². The monoisotopic (exact) mass is 343 g/mol. The Bertz CT molecular complexity index is 714. The fourth-order valence-electron chi connectivity index (χ4n) is 2.57. The molecule has 0 bridgehead atoms. The van der Waals surface area contributed by atoms with Gasteiger partial charge in [0, 0.05) is 6.92 Å². The van der Waals surface area contributed by atoms with Crippen molar-refractivity contribution < 1.29 is 32.3 Å². The van der Waals surface area contributed by atoms with Crippen molar-refractivity contribution >= 4 is 17.7 Å². The van der Waals surface area contributed by atoms with Crippen molar-refractivity contribution in [3.63, 3.8) is 0 Å². The van der Waals surface area contributed by atoms with Gasteiger partial charge >= 0.3 is 5.97 Å². The minimum Gasteiger partial charge on any atom is -0.466 e. The van der Waals surface area contributed by atoms with Gasteiger partial charge in [-0.05, 0) is 25.8 Å². The van der Waals surface area contributed by atoms with Crippen molar-refractivity contribution in [2.45, 2.75) is 38.6 Å². The van der Waals surface area contributed by atoms with Crippen LogP contribution in [-0.2, 0) is 19.9 Å². The number of nitrogens with one attached hydrogen (secondary N) is 1. The lowest BCUT2D eigenvalue weighted by molar-refractivity contribution is -0.142. The highest BCUT2D eigenvalue weighted by molar-refractivity contribution is 6.06. The van der Waals surface area contributed by atoms with Crippen molar-refractivity contribution in [3.05, 3.63) is 34.6 Å². The molecule has 24 heavy (non-hydrogen) atoms. The third-order valence-electron chi connectivity index (χ3n) is 3.71. The quantitative estimate of drug-likeness (QED) is 0.372. The standard InChI is InChI=1S/C16H16F3NO4/c1-3-24-12(23)7-11(22)9-6-10(17)13(15(19)14(9)18)16(4-5-16)20-8(2)21/h6H,3-5,7H2,1-2H3,(H,20,21). The van der Waals surface area contributed by atoms with Crippen LogP contribution in [0.5, 0.6) is 0 Å². The Balaban J connectivity index is 2.37. The van der Waals surface area contributed by atoms with Gasteiger partial charge in [0.25, 0.3) is 0 Å². The maximum absolute atomic E-state index is 14.3. The molecular formula is C16H16F3NO4. The van der Waals surface area contributed by atoms with Crippen molar-refractivity contribution in [2.75, 3.05) is 6.61 Å². The molecule has 0 spiro atoms. The fraction of sp³-hybridized carbons (Fsp3) is 0.438. The molecule has 0 aromatic heterocycles. The zero-order valence-electron chi connectivity index (χ0n) is 13.2. The topological polar surface area (TPSA) is 72.5 Å². The number of hydrogen-bond donors (Lipinski definition) is 1. The number of hydrogen-bond acceptors (Lipinski definition) is 4. The van der Waals surface area contributed by atoms with Crippen molar-refractivity contribution in [1.82, 2.24) is 5.32 Å². The van der Waals surface area contributed by atoms with E-state index in [1.807, 2.05) is 0 Å². The molecule has 0 unspecified atom stereocenters. The van der Waals surface area contributed by atoms with Gasteiger partial charge in [0.15, 0.2) is 17.4 Å². The average molecular weight is 343 g/mol. The SMILES string of the molecule is CCOC(=O)CC(=O)c1cc(F)c(C2(NC(C)=O)CC2)c(F)c1F. The Morgan fingerprint density at radius 3 is 2.33 bits per heavy atom. The molecule has 1 amide bonds. The van der Waals surface area contributed by atoms with Gasteiger partial charge in [-0.3, -0.25) is 14.4 Å². The molecule has 1 aliphatic carbocycles. The summed E-state index contributed by atoms with van der Waals surface area (Å²) in [6.07, 6.45) is -0.300. The number of esters is 1. The molecule has 5 nitrogen and oxygen atoms in total. The summed E-state index contributed by atoms with van der Waals surface area (Å²) in [5.74, 6) is -6.73. The molecule has 1 aromatic carbocycles. The van der Waals surface area contributed by atoms with Crippen LogP contribution in [0.15, 0.2) is 6.07 Å². The highest BCUT2D eigenvalue weighted by atomic mass is 19.2. The van der Waals surface area contributed by atoms with Crippen LogP contribution in [-0.4, -0.2) is 24.3 Å². The third-order valence-corrected chi connectivity index (χ3v) is 3.71. The highest BCUT2D eigenvalue weighted by Crippen LogP contribution is 2.48. The van der Waals surface area contributed by atoms with E-state index in [-0.39, 0.29) is 19.4 Å². The molecule has 0 saturated heterocycles. The number of benzene rings is 1. The number of halogens is 3. The smallest absolute Gasteiger partial charge is 0.313 e. The van der Waals surface area contributed by atoms with Gasteiger partial charge in [0.2, 0.25) is 5.91 Å². The van der Waals surface area contributed by atoms with Crippen LogP contribution >= 0.6 is 0 Å². The summed E-state index contributed by atoms with van der Waals surface area (Å²) in [5, 5.41) is 2.41. The average Bonchev–Trinajstić information content (AvgIpc) is 3.22. The van der Waals surface area contributed by atoms with Crippen molar-refractivity contribution in [1.29, 1.82) is 0 Å². The molecule has 2 rings (SSSR count). The lowest BCUT2D eigenvalue weighted by Crippen LogP contribution is -2.35. The van der Waals surface area contributed by atoms with Gasteiger partial charge in [0.05, 0.1) is 23.3 Å². The first kappa shape index (κ1) is 18.0. The molecule has 1 aromatic rings.